The van der Waals surface area contributed by atoms with Gasteiger partial charge in [0.1, 0.15) is 5.75 Å². The first-order valence-corrected chi connectivity index (χ1v) is 8.17. The highest BCUT2D eigenvalue weighted by molar-refractivity contribution is 14.0. The normalized spacial score (nSPS) is 11.2. The van der Waals surface area contributed by atoms with E-state index in [9.17, 15) is 8.78 Å². The van der Waals surface area contributed by atoms with Gasteiger partial charge in [-0.2, -0.15) is 8.78 Å². The molecule has 0 bridgehead atoms. The summed E-state index contributed by atoms with van der Waals surface area (Å²) < 4.78 is 31.4. The van der Waals surface area contributed by atoms with Gasteiger partial charge in [0.25, 0.3) is 0 Å². The van der Waals surface area contributed by atoms with E-state index in [0.717, 1.165) is 6.54 Å². The number of rotatable bonds is 8. The topological polar surface area (TPSA) is 63.5 Å². The van der Waals surface area contributed by atoms with Crippen LogP contribution < -0.4 is 15.4 Å². The maximum atomic E-state index is 12.5. The van der Waals surface area contributed by atoms with Crippen LogP contribution >= 0.6 is 35.6 Å². The number of nitrogens with one attached hydrogen (secondary N) is 2. The monoisotopic (exact) mass is 499 g/mol. The zero-order valence-corrected chi connectivity index (χ0v) is 17.2. The van der Waals surface area contributed by atoms with Crippen molar-refractivity contribution < 1.29 is 13.5 Å². The number of imidazole rings is 1. The second kappa shape index (κ2) is 11.9. The fourth-order valence-corrected chi connectivity index (χ4v) is 2.31. The number of nitrogens with zero attached hydrogens (tertiary/aromatic N) is 3. The quantitative estimate of drug-likeness (QED) is 0.332. The second-order valence-corrected chi connectivity index (χ2v) is 5.49. The summed E-state index contributed by atoms with van der Waals surface area (Å²) in [5.41, 5.74) is 0.486. The Hall–Kier alpha value is -1.62. The van der Waals surface area contributed by atoms with E-state index in [1.54, 1.807) is 18.6 Å². The molecule has 0 radical (unpaired) electrons. The van der Waals surface area contributed by atoms with Crippen molar-refractivity contribution in [2.24, 2.45) is 4.99 Å². The van der Waals surface area contributed by atoms with E-state index >= 15 is 0 Å². The predicted molar refractivity (Wildman–Crippen MR) is 109 cm³/mol. The number of aromatic nitrogens is 2. The Balaban J connectivity index is 0.00000338. The number of ether oxygens (including phenoxy) is 1. The van der Waals surface area contributed by atoms with E-state index in [2.05, 4.69) is 25.3 Å². The zero-order chi connectivity index (χ0) is 18.1. The summed E-state index contributed by atoms with van der Waals surface area (Å²) in [6, 6.07) is 4.48. The molecule has 0 aliphatic carbocycles. The summed E-state index contributed by atoms with van der Waals surface area (Å²) in [5, 5.41) is 6.71. The Bertz CT molecular complexity index is 685. The number of hydrogen-bond acceptors (Lipinski definition) is 3. The molecular formula is C16H21ClF2IN5O. The molecule has 2 aromatic rings. The molecule has 0 saturated carbocycles. The van der Waals surface area contributed by atoms with Gasteiger partial charge in [-0.25, -0.2) is 9.98 Å². The molecule has 1 aromatic carbocycles. The van der Waals surface area contributed by atoms with Crippen LogP contribution in [-0.2, 0) is 13.1 Å². The van der Waals surface area contributed by atoms with Gasteiger partial charge >= 0.3 is 6.61 Å². The van der Waals surface area contributed by atoms with E-state index < -0.39 is 6.61 Å². The Morgan fingerprint density at radius 1 is 1.38 bits per heavy atom. The average molecular weight is 500 g/mol. The van der Waals surface area contributed by atoms with Gasteiger partial charge in [-0.1, -0.05) is 11.6 Å². The minimum atomic E-state index is -2.90. The second-order valence-electron chi connectivity index (χ2n) is 5.05. The molecule has 0 atom stereocenters. The van der Waals surface area contributed by atoms with Gasteiger partial charge in [0, 0.05) is 42.6 Å². The first kappa shape index (κ1) is 22.4. The summed E-state index contributed by atoms with van der Waals surface area (Å²) >= 11 is 5.94. The van der Waals surface area contributed by atoms with Crippen molar-refractivity contribution in [3.63, 3.8) is 0 Å². The molecule has 144 valence electrons. The Morgan fingerprint density at radius 2 is 2.19 bits per heavy atom. The third-order valence-corrected chi connectivity index (χ3v) is 3.45. The highest BCUT2D eigenvalue weighted by Crippen LogP contribution is 2.25. The molecule has 0 aliphatic heterocycles. The van der Waals surface area contributed by atoms with Crippen LogP contribution in [0.1, 0.15) is 12.5 Å². The molecule has 1 aromatic heterocycles. The lowest BCUT2D eigenvalue weighted by Crippen LogP contribution is -2.38. The van der Waals surface area contributed by atoms with Crippen molar-refractivity contribution in [2.45, 2.75) is 26.6 Å². The Kier molecular flexibility index (Phi) is 10.3. The highest BCUT2D eigenvalue weighted by atomic mass is 127. The lowest BCUT2D eigenvalue weighted by Gasteiger charge is -2.13. The van der Waals surface area contributed by atoms with Crippen molar-refractivity contribution in [1.29, 1.82) is 0 Å². The fourth-order valence-electron chi connectivity index (χ4n) is 2.11. The van der Waals surface area contributed by atoms with E-state index in [0.29, 0.717) is 29.6 Å². The van der Waals surface area contributed by atoms with Gasteiger partial charge in [-0.05, 0) is 25.1 Å². The number of guanidine groups is 1. The lowest BCUT2D eigenvalue weighted by molar-refractivity contribution is -0.0504. The van der Waals surface area contributed by atoms with Crippen molar-refractivity contribution in [2.75, 3.05) is 13.1 Å². The third kappa shape index (κ3) is 7.73. The first-order valence-electron chi connectivity index (χ1n) is 7.79. The zero-order valence-electron chi connectivity index (χ0n) is 14.2. The molecule has 0 unspecified atom stereocenters. The van der Waals surface area contributed by atoms with Gasteiger partial charge in [-0.15, -0.1) is 24.0 Å². The van der Waals surface area contributed by atoms with E-state index in [-0.39, 0.29) is 36.3 Å². The number of alkyl halides is 2. The maximum Gasteiger partial charge on any atom is 0.387 e. The molecular weight excluding hydrogens is 479 g/mol. The van der Waals surface area contributed by atoms with Crippen LogP contribution in [0.3, 0.4) is 0 Å². The van der Waals surface area contributed by atoms with Crippen LogP contribution in [0.5, 0.6) is 5.75 Å². The summed E-state index contributed by atoms with van der Waals surface area (Å²) in [5.74, 6) is 0.642. The fraction of sp³-hybridized carbons (Fsp3) is 0.375. The number of benzene rings is 1. The summed E-state index contributed by atoms with van der Waals surface area (Å²) in [4.78, 5) is 8.37. The van der Waals surface area contributed by atoms with Crippen LogP contribution in [-0.4, -0.2) is 35.2 Å². The molecule has 10 heteroatoms. The molecule has 0 aliphatic rings. The highest BCUT2D eigenvalue weighted by Gasteiger charge is 2.10. The Labute approximate surface area is 173 Å². The molecule has 0 saturated heterocycles. The number of hydrogen-bond donors (Lipinski definition) is 2. The number of halogens is 4. The average Bonchev–Trinajstić information content (AvgIpc) is 3.08. The largest absolute Gasteiger partial charge is 0.434 e. The molecule has 2 N–H and O–H groups in total. The molecule has 0 spiro atoms. The van der Waals surface area contributed by atoms with Crippen molar-refractivity contribution in [1.82, 2.24) is 20.2 Å². The summed E-state index contributed by atoms with van der Waals surface area (Å²) in [6.07, 6.45) is 5.31. The predicted octanol–water partition coefficient (Wildman–Crippen LogP) is 3.51. The summed E-state index contributed by atoms with van der Waals surface area (Å²) in [7, 11) is 0. The summed E-state index contributed by atoms with van der Waals surface area (Å²) in [6.45, 7) is 1.23. The molecule has 26 heavy (non-hydrogen) atoms. The first-order chi connectivity index (χ1) is 12.1. The van der Waals surface area contributed by atoms with Crippen LogP contribution in [0.15, 0.2) is 41.9 Å². The van der Waals surface area contributed by atoms with Crippen LogP contribution in [0, 0.1) is 0 Å². The molecule has 2 rings (SSSR count). The molecule has 0 fully saturated rings. The van der Waals surface area contributed by atoms with E-state index in [1.165, 1.54) is 12.1 Å². The minimum Gasteiger partial charge on any atom is -0.434 e. The minimum absolute atomic E-state index is 0. The van der Waals surface area contributed by atoms with Gasteiger partial charge in [0.15, 0.2) is 5.96 Å². The van der Waals surface area contributed by atoms with E-state index in [1.807, 2.05) is 17.7 Å². The van der Waals surface area contributed by atoms with Crippen LogP contribution in [0.4, 0.5) is 8.78 Å². The van der Waals surface area contributed by atoms with Gasteiger partial charge in [0.05, 0.1) is 12.9 Å². The van der Waals surface area contributed by atoms with Crippen molar-refractivity contribution >= 4 is 41.5 Å². The third-order valence-electron chi connectivity index (χ3n) is 3.21. The van der Waals surface area contributed by atoms with Gasteiger partial charge < -0.3 is 19.9 Å². The Morgan fingerprint density at radius 3 is 2.85 bits per heavy atom. The smallest absolute Gasteiger partial charge is 0.387 e. The van der Waals surface area contributed by atoms with Gasteiger partial charge in [0.2, 0.25) is 0 Å². The lowest BCUT2D eigenvalue weighted by atomic mass is 10.2. The standard InChI is InChI=1S/C16H20ClF2N5O.HI/c1-2-21-16(22-6-8-24-7-5-20-11-24)23-10-12-9-13(17)3-4-14(12)25-15(18)19;/h3-5,7,9,11,15H,2,6,8,10H2,1H3,(H2,21,22,23);1H. The molecule has 0 amide bonds. The maximum absolute atomic E-state index is 12.5. The molecule has 1 heterocycles. The number of aliphatic imine (C=N–C) groups is 1. The van der Waals surface area contributed by atoms with Crippen LogP contribution in [0.25, 0.3) is 0 Å². The van der Waals surface area contributed by atoms with E-state index in [4.69, 9.17) is 11.6 Å². The molecule has 6 nitrogen and oxygen atoms in total. The van der Waals surface area contributed by atoms with Crippen molar-refractivity contribution in [3.8, 4) is 5.75 Å². The van der Waals surface area contributed by atoms with Crippen molar-refractivity contribution in [3.05, 3.63) is 47.5 Å². The SMILES string of the molecule is CCNC(=NCc1cc(Cl)ccc1OC(F)F)NCCn1ccnc1.I. The van der Waals surface area contributed by atoms with Gasteiger partial charge in [-0.3, -0.25) is 0 Å². The van der Waals surface area contributed by atoms with Crippen LogP contribution in [0.2, 0.25) is 5.02 Å².